The molecule has 1 aliphatic rings. The molecule has 0 aliphatic carbocycles. The average Bonchev–Trinajstić information content (AvgIpc) is 2.71. The van der Waals surface area contributed by atoms with Crippen molar-refractivity contribution in [1.82, 2.24) is 10.6 Å². The minimum atomic E-state index is -1.28. The number of hydrogen-bond donors (Lipinski definition) is 5. The third-order valence-corrected chi connectivity index (χ3v) is 7.46. The summed E-state index contributed by atoms with van der Waals surface area (Å²) in [5, 5.41) is 29.8. The van der Waals surface area contributed by atoms with Crippen LogP contribution in [0.5, 0.6) is 0 Å². The van der Waals surface area contributed by atoms with E-state index in [0.29, 0.717) is 31.2 Å². The molecule has 9 atom stereocenters. The fourth-order valence-corrected chi connectivity index (χ4v) is 5.17. The van der Waals surface area contributed by atoms with Crippen molar-refractivity contribution >= 4 is 5.97 Å². The summed E-state index contributed by atoms with van der Waals surface area (Å²) in [4.78, 5) is 13.2. The summed E-state index contributed by atoms with van der Waals surface area (Å²) >= 11 is 0. The molecule has 1 aliphatic heterocycles. The Morgan fingerprint density at radius 2 is 1.81 bits per heavy atom. The van der Waals surface area contributed by atoms with Crippen molar-refractivity contribution in [2.75, 3.05) is 19.6 Å². The first kappa shape index (κ1) is 29.3. The summed E-state index contributed by atoms with van der Waals surface area (Å²) in [5.41, 5.74) is 3.31. The lowest BCUT2D eigenvalue weighted by atomic mass is 9.73. The van der Waals surface area contributed by atoms with Gasteiger partial charge in [0.05, 0.1) is 11.5 Å². The van der Waals surface area contributed by atoms with Crippen LogP contribution < -0.4 is 16.4 Å². The van der Waals surface area contributed by atoms with Crippen molar-refractivity contribution in [3.63, 3.8) is 0 Å². The molecule has 32 heavy (non-hydrogen) atoms. The molecule has 0 aromatic heterocycles. The summed E-state index contributed by atoms with van der Waals surface area (Å²) in [6, 6.07) is 0.121. The maximum atomic E-state index is 13.2. The van der Waals surface area contributed by atoms with E-state index in [-0.39, 0.29) is 24.5 Å². The average molecular weight is 458 g/mol. The van der Waals surface area contributed by atoms with Crippen LogP contribution >= 0.6 is 0 Å². The molecule has 1 saturated heterocycles. The van der Waals surface area contributed by atoms with E-state index in [9.17, 15) is 15.0 Å². The number of carbonyl (C=O) groups is 1. The molecule has 1 heterocycles. The first-order valence-corrected chi connectivity index (χ1v) is 12.6. The molecule has 1 fully saturated rings. The Morgan fingerprint density at radius 1 is 1.19 bits per heavy atom. The second-order valence-electron chi connectivity index (χ2n) is 11.0. The number of esters is 1. The van der Waals surface area contributed by atoms with E-state index in [0.717, 1.165) is 19.4 Å². The molecule has 0 spiro atoms. The highest BCUT2D eigenvalue weighted by molar-refractivity contribution is 5.74. The van der Waals surface area contributed by atoms with Crippen LogP contribution in [-0.2, 0) is 9.53 Å². The van der Waals surface area contributed by atoms with Gasteiger partial charge in [0, 0.05) is 25.2 Å². The third kappa shape index (κ3) is 8.24. The lowest BCUT2D eigenvalue weighted by Crippen LogP contribution is -2.56. The van der Waals surface area contributed by atoms with Crippen molar-refractivity contribution < 1.29 is 19.7 Å². The largest absolute Gasteiger partial charge is 0.459 e. The first-order chi connectivity index (χ1) is 14.8. The van der Waals surface area contributed by atoms with Gasteiger partial charge >= 0.3 is 5.97 Å². The van der Waals surface area contributed by atoms with Crippen molar-refractivity contribution in [2.24, 2.45) is 29.4 Å². The summed E-state index contributed by atoms with van der Waals surface area (Å²) < 4.78 is 5.85. The number of aliphatic hydroxyl groups is 2. The molecule has 0 radical (unpaired) electrons. The van der Waals surface area contributed by atoms with E-state index in [1.807, 2.05) is 20.8 Å². The highest BCUT2D eigenvalue weighted by Crippen LogP contribution is 2.35. The summed E-state index contributed by atoms with van der Waals surface area (Å²) in [5.74, 6) is -0.469. The minimum absolute atomic E-state index is 0.0279. The van der Waals surface area contributed by atoms with Gasteiger partial charge in [0.25, 0.3) is 0 Å². The Bertz CT molecular complexity index is 573. The van der Waals surface area contributed by atoms with Gasteiger partial charge in [-0.2, -0.15) is 0 Å². The van der Waals surface area contributed by atoms with Gasteiger partial charge in [-0.05, 0) is 77.7 Å². The van der Waals surface area contributed by atoms with Gasteiger partial charge in [0.1, 0.15) is 11.7 Å². The maximum Gasteiger partial charge on any atom is 0.312 e. The van der Waals surface area contributed by atoms with Gasteiger partial charge in [-0.25, -0.2) is 0 Å². The molecule has 1 rings (SSSR count). The molecule has 2 unspecified atom stereocenters. The molecule has 0 amide bonds. The zero-order chi connectivity index (χ0) is 24.7. The van der Waals surface area contributed by atoms with Crippen LogP contribution in [0.25, 0.3) is 0 Å². The Morgan fingerprint density at radius 3 is 2.38 bits per heavy atom. The zero-order valence-corrected chi connectivity index (χ0v) is 21.8. The molecule has 7 nitrogen and oxygen atoms in total. The number of nitrogens with one attached hydrogen (secondary N) is 2. The van der Waals surface area contributed by atoms with Gasteiger partial charge in [0.2, 0.25) is 0 Å². The lowest BCUT2D eigenvalue weighted by Gasteiger charge is -2.41. The quantitative estimate of drug-likeness (QED) is 0.403. The Balaban J connectivity index is 3.27. The number of cyclic esters (lactones) is 1. The number of nitrogens with two attached hydrogens (primary N) is 1. The van der Waals surface area contributed by atoms with Crippen LogP contribution in [0.15, 0.2) is 0 Å². The van der Waals surface area contributed by atoms with Crippen LogP contribution in [0.2, 0.25) is 0 Å². The molecule has 7 heteroatoms. The predicted octanol–water partition coefficient (Wildman–Crippen LogP) is 2.43. The van der Waals surface area contributed by atoms with E-state index in [1.165, 1.54) is 0 Å². The molecule has 190 valence electrons. The molecule has 0 aromatic carbocycles. The smallest absolute Gasteiger partial charge is 0.312 e. The second kappa shape index (κ2) is 12.7. The Labute approximate surface area is 196 Å². The fraction of sp³-hybridized carbons (Fsp3) is 0.960. The first-order valence-electron chi connectivity index (χ1n) is 12.6. The van der Waals surface area contributed by atoms with E-state index >= 15 is 0 Å². The predicted molar refractivity (Wildman–Crippen MR) is 130 cm³/mol. The monoisotopic (exact) mass is 457 g/mol. The SMILES string of the molecule is CC[C@H]1OC(=O)C(C)[C@@](O)(CNC(C)CN)[C@H](C)C[C@@H](C)C[C@@H](C)CN[C@H](C)C[C@]1(C)O. The molecular weight excluding hydrogens is 406 g/mol. The number of hydrogen-bond acceptors (Lipinski definition) is 7. The van der Waals surface area contributed by atoms with Gasteiger partial charge in [0.15, 0.2) is 0 Å². The fourth-order valence-electron chi connectivity index (χ4n) is 5.17. The summed E-state index contributed by atoms with van der Waals surface area (Å²) in [6.07, 6.45) is 2.17. The number of ether oxygens (including phenoxy) is 1. The van der Waals surface area contributed by atoms with Gasteiger partial charge < -0.3 is 31.3 Å². The third-order valence-electron chi connectivity index (χ3n) is 7.46. The van der Waals surface area contributed by atoms with Crippen LogP contribution in [0.4, 0.5) is 0 Å². The zero-order valence-electron chi connectivity index (χ0n) is 21.8. The summed E-state index contributed by atoms with van der Waals surface area (Å²) in [7, 11) is 0. The Kier molecular flexibility index (Phi) is 11.6. The van der Waals surface area contributed by atoms with Crippen LogP contribution in [0.3, 0.4) is 0 Å². The van der Waals surface area contributed by atoms with Crippen molar-refractivity contribution in [2.45, 2.75) is 110 Å². The highest BCUT2D eigenvalue weighted by Gasteiger charge is 2.46. The lowest BCUT2D eigenvalue weighted by molar-refractivity contribution is -0.181. The maximum absolute atomic E-state index is 13.2. The van der Waals surface area contributed by atoms with Gasteiger partial charge in [-0.3, -0.25) is 4.79 Å². The van der Waals surface area contributed by atoms with Crippen LogP contribution in [-0.4, -0.2) is 65.2 Å². The van der Waals surface area contributed by atoms with E-state index in [2.05, 4.69) is 31.4 Å². The van der Waals surface area contributed by atoms with Crippen molar-refractivity contribution in [1.29, 1.82) is 0 Å². The normalized spacial score (nSPS) is 41.9. The topological polar surface area (TPSA) is 117 Å². The highest BCUT2D eigenvalue weighted by atomic mass is 16.6. The minimum Gasteiger partial charge on any atom is -0.459 e. The van der Waals surface area contributed by atoms with E-state index in [4.69, 9.17) is 10.5 Å². The van der Waals surface area contributed by atoms with Gasteiger partial charge in [-0.1, -0.05) is 27.7 Å². The molecular formula is C25H51N3O4. The molecule has 0 aromatic rings. The summed E-state index contributed by atoms with van der Waals surface area (Å²) in [6.45, 7) is 17.5. The Hall–Kier alpha value is -0.730. The van der Waals surface area contributed by atoms with Crippen LogP contribution in [0, 0.1) is 23.7 Å². The molecule has 0 bridgehead atoms. The van der Waals surface area contributed by atoms with Crippen molar-refractivity contribution in [3.8, 4) is 0 Å². The van der Waals surface area contributed by atoms with Gasteiger partial charge in [-0.15, -0.1) is 0 Å². The van der Waals surface area contributed by atoms with Crippen LogP contribution in [0.1, 0.15) is 81.1 Å². The number of rotatable bonds is 5. The second-order valence-corrected chi connectivity index (χ2v) is 11.0. The standard InChI is InChI=1S/C25H51N3O4/c1-9-22-24(8,30)12-19(5)27-14-17(3)10-16(2)11-18(4)25(31,15-28-20(6)13-26)21(7)23(29)32-22/h16-22,27-28,30-31H,9-15,26H2,1-8H3/t16-,17+,18+,19+,20?,21?,22+,24-,25+/m0/s1. The van der Waals surface area contributed by atoms with Crippen molar-refractivity contribution in [3.05, 3.63) is 0 Å². The van der Waals surface area contributed by atoms with E-state index < -0.39 is 29.2 Å². The molecule has 0 saturated carbocycles. The van der Waals surface area contributed by atoms with E-state index in [1.54, 1.807) is 13.8 Å². The number of carbonyl (C=O) groups excluding carboxylic acids is 1. The molecule has 6 N–H and O–H groups in total.